The fourth-order valence-corrected chi connectivity index (χ4v) is 3.60. The van der Waals surface area contributed by atoms with Crippen molar-refractivity contribution in [1.82, 2.24) is 4.98 Å². The van der Waals surface area contributed by atoms with Gasteiger partial charge in [-0.2, -0.15) is 11.8 Å². The van der Waals surface area contributed by atoms with Crippen LogP contribution in [0.1, 0.15) is 12.8 Å². The van der Waals surface area contributed by atoms with Gasteiger partial charge in [-0.1, -0.05) is 12.1 Å². The maximum Gasteiger partial charge on any atom is 0.295 e. The molecule has 1 aliphatic rings. The molecule has 2 heterocycles. The third kappa shape index (κ3) is 2.56. The Bertz CT molecular complexity index is 641. The van der Waals surface area contributed by atoms with Crippen LogP contribution in [0.15, 0.2) is 30.5 Å². The molecule has 0 bridgehead atoms. The van der Waals surface area contributed by atoms with Crippen LogP contribution in [0.2, 0.25) is 0 Å². The molecule has 1 N–H and O–H groups in total. The summed E-state index contributed by atoms with van der Waals surface area (Å²) in [5.74, 6) is 2.33. The van der Waals surface area contributed by atoms with Gasteiger partial charge in [0.15, 0.2) is 0 Å². The van der Waals surface area contributed by atoms with E-state index in [0.29, 0.717) is 11.6 Å². The van der Waals surface area contributed by atoms with E-state index < -0.39 is 0 Å². The minimum Gasteiger partial charge on any atom is -0.382 e. The smallest absolute Gasteiger partial charge is 0.295 e. The van der Waals surface area contributed by atoms with Crippen molar-refractivity contribution in [2.45, 2.75) is 18.9 Å². The number of hydrogen-bond donors (Lipinski definition) is 1. The molecule has 1 fully saturated rings. The first-order valence-corrected chi connectivity index (χ1v) is 7.77. The number of fused-ring (bicyclic) bond motifs is 1. The molecule has 1 aliphatic heterocycles. The van der Waals surface area contributed by atoms with Crippen LogP contribution < -0.4 is 5.32 Å². The van der Waals surface area contributed by atoms with Gasteiger partial charge >= 0.3 is 0 Å². The highest BCUT2D eigenvalue weighted by atomic mass is 32.2. The maximum atomic E-state index is 11.1. The largest absolute Gasteiger partial charge is 0.382 e. The zero-order chi connectivity index (χ0) is 13.9. The summed E-state index contributed by atoms with van der Waals surface area (Å²) in [6, 6.07) is 7.44. The van der Waals surface area contributed by atoms with Gasteiger partial charge in [0.05, 0.1) is 4.92 Å². The lowest BCUT2D eigenvalue weighted by Crippen LogP contribution is -2.24. The molecule has 0 aliphatic carbocycles. The molecule has 0 saturated carbocycles. The molecule has 1 aromatic carbocycles. The zero-order valence-electron chi connectivity index (χ0n) is 10.9. The number of pyridine rings is 1. The summed E-state index contributed by atoms with van der Waals surface area (Å²) in [5.41, 5.74) is 1.45. The standard InChI is InChI=1S/C14H15N3O2S/c18-17(19)13-3-1-2-11-12(4-7-15-14(11)13)16-10-5-8-20-9-6-10/h1-4,7,10H,5-6,8-9H2,(H,15,16). The normalized spacial score (nSPS) is 16.2. The topological polar surface area (TPSA) is 68.1 Å². The number of anilines is 1. The number of nitrogens with one attached hydrogen (secondary N) is 1. The minimum absolute atomic E-state index is 0.0605. The highest BCUT2D eigenvalue weighted by Crippen LogP contribution is 2.30. The fourth-order valence-electron chi connectivity index (χ4n) is 2.50. The van der Waals surface area contributed by atoms with Crippen molar-refractivity contribution in [2.75, 3.05) is 16.8 Å². The molecule has 0 amide bonds. The monoisotopic (exact) mass is 289 g/mol. The first-order chi connectivity index (χ1) is 9.75. The Morgan fingerprint density at radius 1 is 1.30 bits per heavy atom. The van der Waals surface area contributed by atoms with Gasteiger partial charge in [-0.3, -0.25) is 10.1 Å². The van der Waals surface area contributed by atoms with Crippen molar-refractivity contribution in [3.63, 3.8) is 0 Å². The van der Waals surface area contributed by atoms with E-state index in [2.05, 4.69) is 10.3 Å². The highest BCUT2D eigenvalue weighted by Gasteiger charge is 2.17. The number of rotatable bonds is 3. The van der Waals surface area contributed by atoms with Crippen LogP contribution in [0.3, 0.4) is 0 Å². The number of para-hydroxylation sites is 1. The molecule has 2 aromatic rings. The Balaban J connectivity index is 1.98. The molecule has 6 heteroatoms. The average Bonchev–Trinajstić information content (AvgIpc) is 2.48. The van der Waals surface area contributed by atoms with E-state index in [1.807, 2.05) is 23.9 Å². The van der Waals surface area contributed by atoms with E-state index in [-0.39, 0.29) is 10.6 Å². The number of benzene rings is 1. The van der Waals surface area contributed by atoms with Crippen LogP contribution in [-0.2, 0) is 0 Å². The Kier molecular flexibility index (Phi) is 3.73. The predicted molar refractivity (Wildman–Crippen MR) is 82.4 cm³/mol. The fraction of sp³-hybridized carbons (Fsp3) is 0.357. The summed E-state index contributed by atoms with van der Waals surface area (Å²) in [6.07, 6.45) is 3.89. The van der Waals surface area contributed by atoms with Gasteiger partial charge in [-0.25, -0.2) is 4.98 Å². The highest BCUT2D eigenvalue weighted by molar-refractivity contribution is 7.99. The van der Waals surface area contributed by atoms with Gasteiger partial charge in [0.2, 0.25) is 0 Å². The molecular formula is C14H15N3O2S. The number of nitrogens with zero attached hydrogens (tertiary/aromatic N) is 2. The second-order valence-corrected chi connectivity index (χ2v) is 6.04. The van der Waals surface area contributed by atoms with Crippen LogP contribution in [-0.4, -0.2) is 27.5 Å². The summed E-state index contributed by atoms with van der Waals surface area (Å²) in [5, 5.41) is 15.4. The van der Waals surface area contributed by atoms with E-state index in [1.54, 1.807) is 12.3 Å². The lowest BCUT2D eigenvalue weighted by atomic mass is 10.1. The Morgan fingerprint density at radius 3 is 2.85 bits per heavy atom. The van der Waals surface area contributed by atoms with E-state index in [4.69, 9.17) is 0 Å². The zero-order valence-corrected chi connectivity index (χ0v) is 11.7. The number of nitro benzene ring substituents is 1. The number of hydrogen-bond acceptors (Lipinski definition) is 5. The molecule has 0 atom stereocenters. The first kappa shape index (κ1) is 13.2. The molecule has 0 unspecified atom stereocenters. The number of non-ortho nitro benzene ring substituents is 1. The third-order valence-corrected chi connectivity index (χ3v) is 4.58. The first-order valence-electron chi connectivity index (χ1n) is 6.62. The van der Waals surface area contributed by atoms with Gasteiger partial charge < -0.3 is 5.32 Å². The Morgan fingerprint density at radius 2 is 2.10 bits per heavy atom. The van der Waals surface area contributed by atoms with Crippen molar-refractivity contribution in [3.05, 3.63) is 40.6 Å². The molecule has 20 heavy (non-hydrogen) atoms. The summed E-state index contributed by atoms with van der Waals surface area (Å²) in [7, 11) is 0. The summed E-state index contributed by atoms with van der Waals surface area (Å²) in [6.45, 7) is 0. The van der Waals surface area contributed by atoms with E-state index in [1.165, 1.54) is 17.6 Å². The molecule has 5 nitrogen and oxygen atoms in total. The van der Waals surface area contributed by atoms with Crippen molar-refractivity contribution in [1.29, 1.82) is 0 Å². The molecule has 0 spiro atoms. The molecule has 0 radical (unpaired) electrons. The van der Waals surface area contributed by atoms with Crippen molar-refractivity contribution >= 4 is 34.0 Å². The summed E-state index contributed by atoms with van der Waals surface area (Å²) < 4.78 is 0. The number of nitro groups is 1. The van der Waals surface area contributed by atoms with Gasteiger partial charge in [0, 0.05) is 29.4 Å². The van der Waals surface area contributed by atoms with Crippen LogP contribution in [0.5, 0.6) is 0 Å². The lowest BCUT2D eigenvalue weighted by Gasteiger charge is -2.24. The van der Waals surface area contributed by atoms with Gasteiger partial charge in [0.25, 0.3) is 5.69 Å². The molecule has 1 aromatic heterocycles. The van der Waals surface area contributed by atoms with Crippen LogP contribution >= 0.6 is 11.8 Å². The number of aromatic nitrogens is 1. The van der Waals surface area contributed by atoms with Gasteiger partial charge in [-0.15, -0.1) is 0 Å². The van der Waals surface area contributed by atoms with E-state index >= 15 is 0 Å². The predicted octanol–water partition coefficient (Wildman–Crippen LogP) is 3.45. The van der Waals surface area contributed by atoms with Crippen molar-refractivity contribution in [2.24, 2.45) is 0 Å². The van der Waals surface area contributed by atoms with Gasteiger partial charge in [0.1, 0.15) is 5.52 Å². The van der Waals surface area contributed by atoms with Crippen molar-refractivity contribution < 1.29 is 4.92 Å². The van der Waals surface area contributed by atoms with E-state index in [9.17, 15) is 10.1 Å². The third-order valence-electron chi connectivity index (χ3n) is 3.53. The molecule has 3 rings (SSSR count). The molecule has 1 saturated heterocycles. The molecule has 104 valence electrons. The molecular weight excluding hydrogens is 274 g/mol. The summed E-state index contributed by atoms with van der Waals surface area (Å²) in [4.78, 5) is 14.9. The maximum absolute atomic E-state index is 11.1. The Labute approximate surface area is 120 Å². The van der Waals surface area contributed by atoms with Crippen LogP contribution in [0.4, 0.5) is 11.4 Å². The van der Waals surface area contributed by atoms with Crippen LogP contribution in [0, 0.1) is 10.1 Å². The van der Waals surface area contributed by atoms with Crippen LogP contribution in [0.25, 0.3) is 10.9 Å². The lowest BCUT2D eigenvalue weighted by molar-refractivity contribution is -0.383. The second kappa shape index (κ2) is 5.66. The SMILES string of the molecule is O=[N+]([O-])c1cccc2c(NC3CCSCC3)ccnc12. The second-order valence-electron chi connectivity index (χ2n) is 4.82. The van der Waals surface area contributed by atoms with Crippen molar-refractivity contribution in [3.8, 4) is 0 Å². The quantitative estimate of drug-likeness (QED) is 0.692. The Hall–Kier alpha value is -1.82. The average molecular weight is 289 g/mol. The van der Waals surface area contributed by atoms with Gasteiger partial charge in [-0.05, 0) is 30.4 Å². The van der Waals surface area contributed by atoms with E-state index in [0.717, 1.165) is 23.9 Å². The summed E-state index contributed by atoms with van der Waals surface area (Å²) >= 11 is 1.98. The number of thioether (sulfide) groups is 1. The minimum atomic E-state index is -0.379.